The van der Waals surface area contributed by atoms with Gasteiger partial charge in [-0.15, -0.1) is 10.2 Å². The van der Waals surface area contributed by atoms with E-state index in [1.165, 1.54) is 22.6 Å². The molecule has 7 heteroatoms. The van der Waals surface area contributed by atoms with Crippen LogP contribution >= 0.6 is 11.3 Å². The number of aryl methyl sites for hydroxylation is 1. The van der Waals surface area contributed by atoms with Gasteiger partial charge >= 0.3 is 0 Å². The zero-order chi connectivity index (χ0) is 17.1. The molecule has 1 N–H and O–H groups in total. The van der Waals surface area contributed by atoms with Crippen LogP contribution in [0.2, 0.25) is 0 Å². The number of amides is 1. The summed E-state index contributed by atoms with van der Waals surface area (Å²) >= 11 is 1.40. The Labute approximate surface area is 146 Å². The van der Waals surface area contributed by atoms with Crippen LogP contribution in [0.1, 0.15) is 29.5 Å². The van der Waals surface area contributed by atoms with Crippen molar-refractivity contribution in [1.29, 1.82) is 0 Å². The predicted molar refractivity (Wildman–Crippen MR) is 97.6 cm³/mol. The molecule has 24 heavy (non-hydrogen) atoms. The fourth-order valence-corrected chi connectivity index (χ4v) is 3.70. The van der Waals surface area contributed by atoms with Crippen LogP contribution in [-0.4, -0.2) is 48.2 Å². The number of likely N-dealkylation sites (tertiary alicyclic amines) is 1. The number of benzene rings is 1. The number of nitrogens with zero attached hydrogens (tertiary/aromatic N) is 4. The van der Waals surface area contributed by atoms with Crippen LogP contribution < -0.4 is 10.2 Å². The van der Waals surface area contributed by atoms with Crippen molar-refractivity contribution in [2.24, 2.45) is 0 Å². The SMILES string of the molecule is Cc1nnc(NC(=O)CN2CCCC2c2cccc(N(C)C)c2)s1. The number of hydrogen-bond donors (Lipinski definition) is 1. The zero-order valence-electron chi connectivity index (χ0n) is 14.3. The smallest absolute Gasteiger partial charge is 0.240 e. The third-order valence-corrected chi connectivity index (χ3v) is 5.01. The van der Waals surface area contributed by atoms with Crippen LogP contribution in [0, 0.1) is 6.92 Å². The third kappa shape index (κ3) is 3.91. The van der Waals surface area contributed by atoms with Gasteiger partial charge in [0.15, 0.2) is 0 Å². The molecular weight excluding hydrogens is 322 g/mol. The van der Waals surface area contributed by atoms with Gasteiger partial charge in [0.1, 0.15) is 5.01 Å². The Balaban J connectivity index is 1.67. The van der Waals surface area contributed by atoms with Crippen molar-refractivity contribution in [3.8, 4) is 0 Å². The van der Waals surface area contributed by atoms with Gasteiger partial charge in [0.2, 0.25) is 11.0 Å². The van der Waals surface area contributed by atoms with E-state index in [1.54, 1.807) is 0 Å². The lowest BCUT2D eigenvalue weighted by molar-refractivity contribution is -0.117. The van der Waals surface area contributed by atoms with Gasteiger partial charge in [0.25, 0.3) is 0 Å². The van der Waals surface area contributed by atoms with Crippen molar-refractivity contribution < 1.29 is 4.79 Å². The van der Waals surface area contributed by atoms with Crippen molar-refractivity contribution in [3.05, 3.63) is 34.8 Å². The topological polar surface area (TPSA) is 61.4 Å². The monoisotopic (exact) mass is 345 g/mol. The Hall–Kier alpha value is -1.99. The largest absolute Gasteiger partial charge is 0.378 e. The van der Waals surface area contributed by atoms with Crippen LogP contribution in [0.25, 0.3) is 0 Å². The molecule has 3 rings (SSSR count). The molecule has 128 valence electrons. The minimum Gasteiger partial charge on any atom is -0.378 e. The second-order valence-electron chi connectivity index (χ2n) is 6.29. The quantitative estimate of drug-likeness (QED) is 0.903. The maximum Gasteiger partial charge on any atom is 0.240 e. The van der Waals surface area contributed by atoms with E-state index < -0.39 is 0 Å². The van der Waals surface area contributed by atoms with Gasteiger partial charge in [0, 0.05) is 25.8 Å². The number of carbonyl (C=O) groups excluding carboxylic acids is 1. The highest BCUT2D eigenvalue weighted by Crippen LogP contribution is 2.33. The normalized spacial score (nSPS) is 17.9. The number of nitrogens with one attached hydrogen (secondary N) is 1. The second kappa shape index (κ2) is 7.27. The first-order valence-corrected chi connectivity index (χ1v) is 8.96. The van der Waals surface area contributed by atoms with Crippen LogP contribution in [-0.2, 0) is 4.79 Å². The fraction of sp³-hybridized carbons (Fsp3) is 0.471. The van der Waals surface area contributed by atoms with E-state index >= 15 is 0 Å². The van der Waals surface area contributed by atoms with Gasteiger partial charge in [-0.2, -0.15) is 0 Å². The molecule has 1 amide bonds. The van der Waals surface area contributed by atoms with Gasteiger partial charge in [-0.05, 0) is 44.0 Å². The lowest BCUT2D eigenvalue weighted by Crippen LogP contribution is -2.33. The van der Waals surface area contributed by atoms with Crippen LogP contribution in [0.3, 0.4) is 0 Å². The Bertz CT molecular complexity index is 715. The molecule has 1 aliphatic rings. The molecule has 1 atom stereocenters. The highest BCUT2D eigenvalue weighted by molar-refractivity contribution is 7.15. The number of anilines is 2. The van der Waals surface area contributed by atoms with Crippen LogP contribution in [0.15, 0.2) is 24.3 Å². The number of rotatable bonds is 5. The average molecular weight is 345 g/mol. The molecule has 0 spiro atoms. The van der Waals surface area contributed by atoms with Gasteiger partial charge in [-0.1, -0.05) is 23.5 Å². The van der Waals surface area contributed by atoms with E-state index in [9.17, 15) is 4.79 Å². The van der Waals surface area contributed by atoms with Gasteiger partial charge in [-0.3, -0.25) is 15.0 Å². The maximum absolute atomic E-state index is 12.3. The molecule has 0 saturated carbocycles. The molecule has 2 heterocycles. The summed E-state index contributed by atoms with van der Waals surface area (Å²) in [6.45, 7) is 3.20. The molecule has 6 nitrogen and oxygen atoms in total. The fourth-order valence-electron chi connectivity index (χ4n) is 3.09. The molecule has 0 aliphatic carbocycles. The van der Waals surface area contributed by atoms with E-state index in [0.717, 1.165) is 24.4 Å². The first-order valence-electron chi connectivity index (χ1n) is 8.14. The second-order valence-corrected chi connectivity index (χ2v) is 7.47. The summed E-state index contributed by atoms with van der Waals surface area (Å²) in [5, 5.41) is 12.1. The first-order chi connectivity index (χ1) is 11.5. The van der Waals surface area contributed by atoms with Gasteiger partial charge in [0.05, 0.1) is 6.54 Å². The summed E-state index contributed by atoms with van der Waals surface area (Å²) in [5.41, 5.74) is 2.46. The molecule has 1 aliphatic heterocycles. The van der Waals surface area contributed by atoms with E-state index in [1.807, 2.05) is 21.0 Å². The van der Waals surface area contributed by atoms with E-state index in [-0.39, 0.29) is 5.91 Å². The molecule has 1 aromatic heterocycles. The third-order valence-electron chi connectivity index (χ3n) is 4.25. The highest BCUT2D eigenvalue weighted by atomic mass is 32.1. The summed E-state index contributed by atoms with van der Waals surface area (Å²) in [4.78, 5) is 16.7. The van der Waals surface area contributed by atoms with Crippen molar-refractivity contribution in [1.82, 2.24) is 15.1 Å². The molecule has 0 bridgehead atoms. The van der Waals surface area contributed by atoms with Crippen molar-refractivity contribution in [3.63, 3.8) is 0 Å². The highest BCUT2D eigenvalue weighted by Gasteiger charge is 2.28. The summed E-state index contributed by atoms with van der Waals surface area (Å²) in [7, 11) is 4.09. The minimum absolute atomic E-state index is 0.0261. The lowest BCUT2D eigenvalue weighted by Gasteiger charge is -2.25. The Morgan fingerprint density at radius 3 is 2.96 bits per heavy atom. The summed E-state index contributed by atoms with van der Waals surface area (Å²) < 4.78 is 0. The van der Waals surface area contributed by atoms with Gasteiger partial charge < -0.3 is 4.90 Å². The molecule has 0 radical (unpaired) electrons. The molecule has 2 aromatic rings. The number of aromatic nitrogens is 2. The Kier molecular flexibility index (Phi) is 5.11. The van der Waals surface area contributed by atoms with E-state index in [2.05, 4.69) is 49.6 Å². The molecule has 1 aromatic carbocycles. The minimum atomic E-state index is -0.0261. The van der Waals surface area contributed by atoms with Crippen LogP contribution in [0.4, 0.5) is 10.8 Å². The summed E-state index contributed by atoms with van der Waals surface area (Å²) in [5.74, 6) is -0.0261. The first kappa shape index (κ1) is 16.9. The van der Waals surface area contributed by atoms with E-state index in [4.69, 9.17) is 0 Å². The van der Waals surface area contributed by atoms with E-state index in [0.29, 0.717) is 17.7 Å². The zero-order valence-corrected chi connectivity index (χ0v) is 15.1. The lowest BCUT2D eigenvalue weighted by atomic mass is 10.0. The number of hydrogen-bond acceptors (Lipinski definition) is 6. The maximum atomic E-state index is 12.3. The molecule has 1 saturated heterocycles. The Morgan fingerprint density at radius 2 is 2.25 bits per heavy atom. The van der Waals surface area contributed by atoms with Gasteiger partial charge in [-0.25, -0.2) is 0 Å². The molecular formula is C17H23N5OS. The molecule has 1 fully saturated rings. The van der Waals surface area contributed by atoms with Crippen molar-refractivity contribution in [2.75, 3.05) is 37.4 Å². The van der Waals surface area contributed by atoms with Crippen molar-refractivity contribution in [2.45, 2.75) is 25.8 Å². The predicted octanol–water partition coefficient (Wildman–Crippen LogP) is 2.69. The Morgan fingerprint density at radius 1 is 1.42 bits per heavy atom. The number of carbonyl (C=O) groups is 1. The van der Waals surface area contributed by atoms with Crippen LogP contribution in [0.5, 0.6) is 0 Å². The van der Waals surface area contributed by atoms with Crippen molar-refractivity contribution >= 4 is 28.1 Å². The average Bonchev–Trinajstić information content (AvgIpc) is 3.16. The standard InChI is InChI=1S/C17H23N5OS/c1-12-19-20-17(24-12)18-16(23)11-22-9-5-8-15(22)13-6-4-7-14(10-13)21(2)3/h4,6-7,10,15H,5,8-9,11H2,1-3H3,(H,18,20,23). The molecule has 1 unspecified atom stereocenters. The summed E-state index contributed by atoms with van der Waals surface area (Å²) in [6, 6.07) is 8.86. The summed E-state index contributed by atoms with van der Waals surface area (Å²) in [6.07, 6.45) is 2.20.